The van der Waals surface area contributed by atoms with Crippen LogP contribution < -0.4 is 10.6 Å². The van der Waals surface area contributed by atoms with E-state index in [0.29, 0.717) is 14.3 Å². The highest BCUT2D eigenvalue weighted by molar-refractivity contribution is 7.80. The normalized spacial score (nSPS) is 13.1. The molecule has 0 aliphatic heterocycles. The highest BCUT2D eigenvalue weighted by atomic mass is 32.1. The smallest absolute Gasteiger partial charge is 0.126 e. The molecule has 1 nitrogen and oxygen atoms in total. The molecule has 0 fully saturated rings. The van der Waals surface area contributed by atoms with Crippen LogP contribution in [0.25, 0.3) is 0 Å². The summed E-state index contributed by atoms with van der Waals surface area (Å²) in [6, 6.07) is 14.2. The Balaban J connectivity index is 2.37. The van der Waals surface area contributed by atoms with Gasteiger partial charge < -0.3 is 5.11 Å². The van der Waals surface area contributed by atoms with Gasteiger partial charge in [-0.3, -0.25) is 0 Å². The summed E-state index contributed by atoms with van der Waals surface area (Å²) in [4.78, 5) is 0. The van der Waals surface area contributed by atoms with Crippen molar-refractivity contribution in [2.24, 2.45) is 0 Å². The number of thiol groups is 1. The molecule has 2 unspecified atom stereocenters. The predicted octanol–water partition coefficient (Wildman–Crippen LogP) is 3.32. The van der Waals surface area contributed by atoms with Gasteiger partial charge in [0.05, 0.1) is 0 Å². The average molecular weight is 276 g/mol. The minimum atomic E-state index is 0.209. The molecule has 2 aromatic rings. The van der Waals surface area contributed by atoms with Gasteiger partial charge in [0.25, 0.3) is 0 Å². The van der Waals surface area contributed by atoms with Crippen LogP contribution in [0.4, 0.5) is 0 Å². The lowest BCUT2D eigenvalue weighted by Crippen LogP contribution is -2.10. The van der Waals surface area contributed by atoms with Crippen molar-refractivity contribution in [2.45, 2.75) is 19.1 Å². The van der Waals surface area contributed by atoms with Crippen molar-refractivity contribution < 1.29 is 5.11 Å². The SMILES string of the molecule is Cc1cccc(Pc2ccccc2C(C)S)c1O. The molecule has 0 aliphatic carbocycles. The molecule has 94 valence electrons. The molecular weight excluding hydrogens is 259 g/mol. The Bertz CT molecular complexity index is 552. The Morgan fingerprint density at radius 3 is 2.44 bits per heavy atom. The van der Waals surface area contributed by atoms with E-state index in [2.05, 4.69) is 31.7 Å². The fraction of sp³-hybridized carbons (Fsp3) is 0.200. The molecule has 18 heavy (non-hydrogen) atoms. The zero-order chi connectivity index (χ0) is 13.1. The summed E-state index contributed by atoms with van der Waals surface area (Å²) in [7, 11) is 0.465. The first kappa shape index (κ1) is 13.5. The molecule has 0 saturated carbocycles. The van der Waals surface area contributed by atoms with Crippen LogP contribution >= 0.6 is 21.2 Å². The fourth-order valence-electron chi connectivity index (χ4n) is 1.88. The summed E-state index contributed by atoms with van der Waals surface area (Å²) in [6.07, 6.45) is 0. The third kappa shape index (κ3) is 2.88. The van der Waals surface area contributed by atoms with Gasteiger partial charge in [0, 0.05) is 10.6 Å². The second kappa shape index (κ2) is 5.77. The van der Waals surface area contributed by atoms with E-state index in [1.165, 1.54) is 10.9 Å². The standard InChI is InChI=1S/C15H17OPS/c1-10-6-5-9-14(15(10)16)17-13-8-4-3-7-12(13)11(2)18/h3-9,11,16-18H,1-2H3. The molecule has 0 saturated heterocycles. The van der Waals surface area contributed by atoms with E-state index in [4.69, 9.17) is 0 Å². The largest absolute Gasteiger partial charge is 0.507 e. The van der Waals surface area contributed by atoms with Crippen LogP contribution in [-0.4, -0.2) is 5.11 Å². The number of para-hydroxylation sites is 1. The number of aromatic hydroxyl groups is 1. The summed E-state index contributed by atoms with van der Waals surface area (Å²) in [5.74, 6) is 0.414. The van der Waals surface area contributed by atoms with E-state index in [1.807, 2.05) is 37.3 Å². The number of phenols is 1. The molecule has 0 bridgehead atoms. The monoisotopic (exact) mass is 276 g/mol. The van der Waals surface area contributed by atoms with Gasteiger partial charge in [0.15, 0.2) is 0 Å². The molecule has 2 aromatic carbocycles. The van der Waals surface area contributed by atoms with Crippen LogP contribution in [-0.2, 0) is 0 Å². The predicted molar refractivity (Wildman–Crippen MR) is 84.3 cm³/mol. The first-order chi connectivity index (χ1) is 8.59. The summed E-state index contributed by atoms with van der Waals surface area (Å²) >= 11 is 4.51. The third-order valence-corrected chi connectivity index (χ3v) is 4.59. The minimum absolute atomic E-state index is 0.209. The highest BCUT2D eigenvalue weighted by Crippen LogP contribution is 2.26. The summed E-state index contributed by atoms with van der Waals surface area (Å²) in [5.41, 5.74) is 2.16. The van der Waals surface area contributed by atoms with E-state index in [0.717, 1.165) is 10.9 Å². The lowest BCUT2D eigenvalue weighted by Gasteiger charge is -2.13. The van der Waals surface area contributed by atoms with Crippen LogP contribution in [0.5, 0.6) is 5.75 Å². The van der Waals surface area contributed by atoms with Crippen LogP contribution in [0.1, 0.15) is 23.3 Å². The van der Waals surface area contributed by atoms with Crippen LogP contribution in [0.3, 0.4) is 0 Å². The van der Waals surface area contributed by atoms with Gasteiger partial charge in [0.2, 0.25) is 0 Å². The van der Waals surface area contributed by atoms with Gasteiger partial charge in [-0.25, -0.2) is 0 Å². The minimum Gasteiger partial charge on any atom is -0.507 e. The zero-order valence-corrected chi connectivity index (χ0v) is 12.4. The van der Waals surface area contributed by atoms with Crippen LogP contribution in [0.2, 0.25) is 0 Å². The number of rotatable bonds is 3. The Morgan fingerprint density at radius 2 is 1.72 bits per heavy atom. The van der Waals surface area contributed by atoms with Crippen LogP contribution in [0.15, 0.2) is 42.5 Å². The van der Waals surface area contributed by atoms with E-state index in [9.17, 15) is 5.11 Å². The number of hydrogen-bond acceptors (Lipinski definition) is 2. The number of phenolic OH excluding ortho intramolecular Hbond substituents is 1. The Labute approximate surface area is 115 Å². The first-order valence-electron chi connectivity index (χ1n) is 5.92. The Hall–Kier alpha value is -0.980. The molecule has 3 heteroatoms. The Kier molecular flexibility index (Phi) is 4.31. The molecule has 0 radical (unpaired) electrons. The molecule has 0 amide bonds. The maximum atomic E-state index is 10.1. The molecule has 0 heterocycles. The first-order valence-corrected chi connectivity index (χ1v) is 7.44. The van der Waals surface area contributed by atoms with Gasteiger partial charge in [-0.2, -0.15) is 12.6 Å². The lowest BCUT2D eigenvalue weighted by molar-refractivity contribution is 0.475. The van der Waals surface area contributed by atoms with E-state index >= 15 is 0 Å². The van der Waals surface area contributed by atoms with Crippen molar-refractivity contribution in [3.05, 3.63) is 53.6 Å². The maximum Gasteiger partial charge on any atom is 0.126 e. The van der Waals surface area contributed by atoms with Gasteiger partial charge in [0.1, 0.15) is 5.75 Å². The summed E-state index contributed by atoms with van der Waals surface area (Å²) < 4.78 is 0. The molecular formula is C15H17OPS. The molecule has 2 atom stereocenters. The topological polar surface area (TPSA) is 20.2 Å². The average Bonchev–Trinajstić information content (AvgIpc) is 2.35. The van der Waals surface area contributed by atoms with Crippen molar-refractivity contribution >= 4 is 31.8 Å². The number of benzene rings is 2. The molecule has 0 spiro atoms. The lowest BCUT2D eigenvalue weighted by atomic mass is 10.2. The van der Waals surface area contributed by atoms with Gasteiger partial charge in [-0.1, -0.05) is 51.0 Å². The van der Waals surface area contributed by atoms with Gasteiger partial charge >= 0.3 is 0 Å². The molecule has 0 aromatic heterocycles. The molecule has 1 N–H and O–H groups in total. The highest BCUT2D eigenvalue weighted by Gasteiger charge is 2.10. The van der Waals surface area contributed by atoms with E-state index < -0.39 is 0 Å². The van der Waals surface area contributed by atoms with E-state index in [1.54, 1.807) is 0 Å². The zero-order valence-electron chi connectivity index (χ0n) is 10.5. The van der Waals surface area contributed by atoms with Gasteiger partial charge in [-0.05, 0) is 30.3 Å². The number of hydrogen-bond donors (Lipinski definition) is 2. The van der Waals surface area contributed by atoms with Crippen molar-refractivity contribution in [1.29, 1.82) is 0 Å². The molecule has 2 rings (SSSR count). The third-order valence-electron chi connectivity index (χ3n) is 2.92. The van der Waals surface area contributed by atoms with Gasteiger partial charge in [-0.15, -0.1) is 0 Å². The maximum absolute atomic E-state index is 10.1. The van der Waals surface area contributed by atoms with Crippen molar-refractivity contribution in [3.8, 4) is 5.75 Å². The number of aryl methyl sites for hydroxylation is 1. The Morgan fingerprint density at radius 1 is 1.06 bits per heavy atom. The van der Waals surface area contributed by atoms with Crippen molar-refractivity contribution in [3.63, 3.8) is 0 Å². The quantitative estimate of drug-likeness (QED) is 0.651. The molecule has 0 aliphatic rings. The van der Waals surface area contributed by atoms with Crippen molar-refractivity contribution in [2.75, 3.05) is 0 Å². The second-order valence-electron chi connectivity index (χ2n) is 4.36. The van der Waals surface area contributed by atoms with E-state index in [-0.39, 0.29) is 5.25 Å². The van der Waals surface area contributed by atoms with Crippen molar-refractivity contribution in [1.82, 2.24) is 0 Å². The second-order valence-corrected chi connectivity index (χ2v) is 6.46. The summed E-state index contributed by atoms with van der Waals surface area (Å²) in [5, 5.41) is 12.5. The fourth-order valence-corrected chi connectivity index (χ4v) is 3.64. The van der Waals surface area contributed by atoms with Crippen LogP contribution in [0, 0.1) is 6.92 Å². The summed E-state index contributed by atoms with van der Waals surface area (Å²) in [6.45, 7) is 4.00.